The Hall–Kier alpha value is -1.99. The van der Waals surface area contributed by atoms with Crippen LogP contribution in [0.4, 0.5) is 4.39 Å². The molecule has 4 rings (SSSR count). The third-order valence-electron chi connectivity index (χ3n) is 5.49. The number of nitrogens with one attached hydrogen (secondary N) is 1. The molecule has 0 radical (unpaired) electrons. The van der Waals surface area contributed by atoms with E-state index in [9.17, 15) is 9.18 Å². The number of amides is 1. The Balaban J connectivity index is 0.00000210. The molecule has 2 aromatic rings. The van der Waals surface area contributed by atoms with Gasteiger partial charge in [0.05, 0.1) is 12.2 Å². The molecule has 2 aliphatic rings. The van der Waals surface area contributed by atoms with E-state index in [0.717, 1.165) is 45.2 Å². The van der Waals surface area contributed by atoms with Crippen LogP contribution in [0.25, 0.3) is 0 Å². The molecule has 1 saturated carbocycles. The Morgan fingerprint density at radius 3 is 2.63 bits per heavy atom. The Labute approximate surface area is 164 Å². The molecule has 146 valence electrons. The minimum absolute atomic E-state index is 0. The van der Waals surface area contributed by atoms with Crippen LogP contribution in [-0.2, 0) is 6.54 Å². The summed E-state index contributed by atoms with van der Waals surface area (Å²) in [5, 5.41) is 11.6. The summed E-state index contributed by atoms with van der Waals surface area (Å²) in [5.41, 5.74) is 0.894. The standard InChI is InChI=1S/C19H24FN5O.ClH/c20-17-7-2-1-4-14(17)12-24(15-5-3-6-15)19(26)18-13-25(23-22-18)16-8-10-21-11-9-16;/h1-2,4,7,13,15-16,21H,3,5-6,8-12H2;1H. The number of carbonyl (C=O) groups is 1. The lowest BCUT2D eigenvalue weighted by Gasteiger charge is -2.37. The summed E-state index contributed by atoms with van der Waals surface area (Å²) in [4.78, 5) is 14.8. The van der Waals surface area contributed by atoms with Gasteiger partial charge in [-0.3, -0.25) is 4.79 Å². The second-order valence-corrected chi connectivity index (χ2v) is 7.17. The predicted molar refractivity (Wildman–Crippen MR) is 102 cm³/mol. The number of benzene rings is 1. The molecule has 1 amide bonds. The summed E-state index contributed by atoms with van der Waals surface area (Å²) in [6, 6.07) is 7.08. The highest BCUT2D eigenvalue weighted by atomic mass is 35.5. The van der Waals surface area contributed by atoms with E-state index in [1.165, 1.54) is 6.07 Å². The minimum atomic E-state index is -0.275. The van der Waals surface area contributed by atoms with Gasteiger partial charge < -0.3 is 10.2 Å². The first kappa shape index (κ1) is 19.8. The third kappa shape index (κ3) is 4.30. The highest BCUT2D eigenvalue weighted by Crippen LogP contribution is 2.28. The van der Waals surface area contributed by atoms with E-state index in [-0.39, 0.29) is 42.8 Å². The number of carbonyl (C=O) groups excluding carboxylic acids is 1. The summed E-state index contributed by atoms with van der Waals surface area (Å²) >= 11 is 0. The second-order valence-electron chi connectivity index (χ2n) is 7.17. The van der Waals surface area contributed by atoms with Gasteiger partial charge in [-0.15, -0.1) is 17.5 Å². The van der Waals surface area contributed by atoms with Gasteiger partial charge >= 0.3 is 0 Å². The van der Waals surface area contributed by atoms with Crippen molar-refractivity contribution in [3.05, 3.63) is 47.5 Å². The van der Waals surface area contributed by atoms with E-state index in [4.69, 9.17) is 0 Å². The fourth-order valence-corrected chi connectivity index (χ4v) is 3.65. The molecule has 0 atom stereocenters. The average molecular weight is 394 g/mol. The molecule has 6 nitrogen and oxygen atoms in total. The van der Waals surface area contributed by atoms with Crippen molar-refractivity contribution in [3.63, 3.8) is 0 Å². The molecule has 27 heavy (non-hydrogen) atoms. The topological polar surface area (TPSA) is 63.1 Å². The molecule has 0 unspecified atom stereocenters. The predicted octanol–water partition coefficient (Wildman–Crippen LogP) is 2.96. The molecule has 1 aromatic heterocycles. The largest absolute Gasteiger partial charge is 0.330 e. The summed E-state index contributed by atoms with van der Waals surface area (Å²) < 4.78 is 15.9. The Morgan fingerprint density at radius 1 is 1.22 bits per heavy atom. The van der Waals surface area contributed by atoms with Gasteiger partial charge in [0.25, 0.3) is 5.91 Å². The lowest BCUT2D eigenvalue weighted by atomic mass is 9.90. The lowest BCUT2D eigenvalue weighted by molar-refractivity contribution is 0.0548. The highest BCUT2D eigenvalue weighted by molar-refractivity contribution is 5.92. The van der Waals surface area contributed by atoms with Gasteiger partial charge in [0.2, 0.25) is 0 Å². The first-order valence-corrected chi connectivity index (χ1v) is 9.39. The quantitative estimate of drug-likeness (QED) is 0.848. The van der Waals surface area contributed by atoms with Crippen molar-refractivity contribution < 1.29 is 9.18 Å². The molecular weight excluding hydrogens is 369 g/mol. The number of nitrogens with zero attached hydrogens (tertiary/aromatic N) is 4. The number of hydrogen-bond acceptors (Lipinski definition) is 4. The van der Waals surface area contributed by atoms with Crippen LogP contribution in [0.5, 0.6) is 0 Å². The highest BCUT2D eigenvalue weighted by Gasteiger charge is 2.31. The fourth-order valence-electron chi connectivity index (χ4n) is 3.65. The monoisotopic (exact) mass is 393 g/mol. The first-order chi connectivity index (χ1) is 12.7. The van der Waals surface area contributed by atoms with Crippen molar-refractivity contribution in [2.75, 3.05) is 13.1 Å². The number of aromatic nitrogens is 3. The van der Waals surface area contributed by atoms with Crippen LogP contribution in [0.1, 0.15) is 54.2 Å². The maximum absolute atomic E-state index is 14.1. The fraction of sp³-hybridized carbons (Fsp3) is 0.526. The molecule has 0 bridgehead atoms. The van der Waals surface area contributed by atoms with Gasteiger partial charge in [0, 0.05) is 18.2 Å². The van der Waals surface area contributed by atoms with Crippen molar-refractivity contribution in [1.82, 2.24) is 25.2 Å². The van der Waals surface area contributed by atoms with Crippen LogP contribution in [-0.4, -0.2) is 44.9 Å². The molecule has 2 fully saturated rings. The SMILES string of the molecule is Cl.O=C(c1cn(C2CCNCC2)nn1)N(Cc1ccccc1F)C1CCC1. The van der Waals surface area contributed by atoms with E-state index in [1.807, 2.05) is 4.68 Å². The van der Waals surface area contributed by atoms with Crippen molar-refractivity contribution in [2.45, 2.75) is 50.7 Å². The van der Waals surface area contributed by atoms with Crippen molar-refractivity contribution in [1.29, 1.82) is 0 Å². The molecular formula is C19H25ClFN5O. The molecule has 1 aliphatic carbocycles. The van der Waals surface area contributed by atoms with Crippen LogP contribution in [0.3, 0.4) is 0 Å². The zero-order chi connectivity index (χ0) is 17.9. The zero-order valence-electron chi connectivity index (χ0n) is 15.2. The van der Waals surface area contributed by atoms with Crippen LogP contribution >= 0.6 is 12.4 Å². The number of halogens is 2. The minimum Gasteiger partial charge on any atom is -0.330 e. The van der Waals surface area contributed by atoms with Gasteiger partial charge in [-0.05, 0) is 51.3 Å². The van der Waals surface area contributed by atoms with Crippen LogP contribution < -0.4 is 5.32 Å². The average Bonchev–Trinajstić information content (AvgIpc) is 3.12. The van der Waals surface area contributed by atoms with E-state index in [0.29, 0.717) is 11.3 Å². The Kier molecular flexibility index (Phi) is 6.44. The first-order valence-electron chi connectivity index (χ1n) is 9.39. The summed E-state index contributed by atoms with van der Waals surface area (Å²) in [7, 11) is 0. The molecule has 8 heteroatoms. The van der Waals surface area contributed by atoms with E-state index >= 15 is 0 Å². The van der Waals surface area contributed by atoms with Gasteiger partial charge in [-0.2, -0.15) is 0 Å². The molecule has 1 aromatic carbocycles. The van der Waals surface area contributed by atoms with Crippen molar-refractivity contribution in [3.8, 4) is 0 Å². The lowest BCUT2D eigenvalue weighted by Crippen LogP contribution is -2.44. The maximum Gasteiger partial charge on any atom is 0.276 e. The van der Waals surface area contributed by atoms with E-state index in [2.05, 4.69) is 15.6 Å². The molecule has 1 saturated heterocycles. The van der Waals surface area contributed by atoms with Gasteiger partial charge in [0.1, 0.15) is 5.82 Å². The maximum atomic E-state index is 14.1. The van der Waals surface area contributed by atoms with Gasteiger partial charge in [-0.1, -0.05) is 23.4 Å². The zero-order valence-corrected chi connectivity index (χ0v) is 16.0. The van der Waals surface area contributed by atoms with E-state index in [1.54, 1.807) is 29.3 Å². The van der Waals surface area contributed by atoms with Crippen LogP contribution in [0, 0.1) is 5.82 Å². The molecule has 2 heterocycles. The van der Waals surface area contributed by atoms with Crippen LogP contribution in [0.2, 0.25) is 0 Å². The molecule has 1 aliphatic heterocycles. The normalized spacial score (nSPS) is 17.8. The van der Waals surface area contributed by atoms with E-state index < -0.39 is 0 Å². The molecule has 1 N–H and O–H groups in total. The Bertz CT molecular complexity index is 773. The van der Waals surface area contributed by atoms with Crippen molar-refractivity contribution in [2.24, 2.45) is 0 Å². The van der Waals surface area contributed by atoms with Gasteiger partial charge in [0.15, 0.2) is 5.69 Å². The van der Waals surface area contributed by atoms with Crippen LogP contribution in [0.15, 0.2) is 30.5 Å². The smallest absolute Gasteiger partial charge is 0.276 e. The summed E-state index contributed by atoms with van der Waals surface area (Å²) in [5.74, 6) is -0.430. The Morgan fingerprint density at radius 2 is 1.96 bits per heavy atom. The third-order valence-corrected chi connectivity index (χ3v) is 5.49. The van der Waals surface area contributed by atoms with Gasteiger partial charge in [-0.25, -0.2) is 9.07 Å². The number of rotatable bonds is 5. The number of piperidine rings is 1. The summed E-state index contributed by atoms with van der Waals surface area (Å²) in [6.45, 7) is 2.18. The second kappa shape index (κ2) is 8.80. The summed E-state index contributed by atoms with van der Waals surface area (Å²) in [6.07, 6.45) is 6.75. The number of hydrogen-bond donors (Lipinski definition) is 1. The molecule has 0 spiro atoms. The van der Waals surface area contributed by atoms with Crippen molar-refractivity contribution >= 4 is 18.3 Å².